The molecule has 0 aliphatic rings. The van der Waals surface area contributed by atoms with Crippen LogP contribution in [0.2, 0.25) is 0 Å². The van der Waals surface area contributed by atoms with Crippen LogP contribution in [0.4, 0.5) is 0 Å². The molecule has 2 heteroatoms. The lowest BCUT2D eigenvalue weighted by atomic mass is 9.97. The summed E-state index contributed by atoms with van der Waals surface area (Å²) in [6.07, 6.45) is 1.03. The molecule has 2 nitrogen and oxygen atoms in total. The summed E-state index contributed by atoms with van der Waals surface area (Å²) in [6.45, 7) is 8.38. The van der Waals surface area contributed by atoms with Gasteiger partial charge in [0.1, 0.15) is 6.04 Å². The van der Waals surface area contributed by atoms with Crippen LogP contribution in [0.15, 0.2) is 18.2 Å². The number of aryl methyl sites for hydroxylation is 1. The van der Waals surface area contributed by atoms with Crippen molar-refractivity contribution in [2.24, 2.45) is 0 Å². The minimum Gasteiger partial charge on any atom is -0.296 e. The zero-order valence-corrected chi connectivity index (χ0v) is 10.5. The van der Waals surface area contributed by atoms with Crippen molar-refractivity contribution in [3.05, 3.63) is 34.9 Å². The Morgan fingerprint density at radius 1 is 1.38 bits per heavy atom. The molecule has 1 N–H and O–H groups in total. The molecule has 0 aliphatic carbocycles. The van der Waals surface area contributed by atoms with Gasteiger partial charge < -0.3 is 0 Å². The molecule has 0 saturated heterocycles. The minimum absolute atomic E-state index is 0.199. The van der Waals surface area contributed by atoms with Crippen molar-refractivity contribution in [1.82, 2.24) is 5.32 Å². The van der Waals surface area contributed by atoms with Gasteiger partial charge in [-0.2, -0.15) is 5.26 Å². The van der Waals surface area contributed by atoms with Crippen molar-refractivity contribution in [3.8, 4) is 6.07 Å². The van der Waals surface area contributed by atoms with Gasteiger partial charge in [-0.05, 0) is 43.9 Å². The van der Waals surface area contributed by atoms with Gasteiger partial charge in [-0.25, -0.2) is 0 Å². The normalized spacial score (nSPS) is 14.2. The highest BCUT2D eigenvalue weighted by atomic mass is 14.9. The van der Waals surface area contributed by atoms with E-state index < -0.39 is 0 Å². The van der Waals surface area contributed by atoms with Crippen molar-refractivity contribution >= 4 is 0 Å². The molecule has 0 aromatic heterocycles. The van der Waals surface area contributed by atoms with Gasteiger partial charge in [0.25, 0.3) is 0 Å². The van der Waals surface area contributed by atoms with Crippen molar-refractivity contribution in [2.75, 3.05) is 0 Å². The first-order valence-corrected chi connectivity index (χ1v) is 5.82. The van der Waals surface area contributed by atoms with Crippen LogP contribution < -0.4 is 5.32 Å². The Hall–Kier alpha value is -1.33. The van der Waals surface area contributed by atoms with Gasteiger partial charge >= 0.3 is 0 Å². The fourth-order valence-electron chi connectivity index (χ4n) is 1.69. The fraction of sp³-hybridized carbons (Fsp3) is 0.500. The Morgan fingerprint density at radius 2 is 2.06 bits per heavy atom. The van der Waals surface area contributed by atoms with Gasteiger partial charge in [-0.15, -0.1) is 0 Å². The number of benzene rings is 1. The van der Waals surface area contributed by atoms with E-state index in [-0.39, 0.29) is 6.04 Å². The van der Waals surface area contributed by atoms with Crippen LogP contribution in [0, 0.1) is 25.2 Å². The summed E-state index contributed by atoms with van der Waals surface area (Å²) in [5, 5.41) is 12.6. The van der Waals surface area contributed by atoms with Gasteiger partial charge in [0.05, 0.1) is 6.07 Å². The monoisotopic (exact) mass is 216 g/mol. The third-order valence-electron chi connectivity index (χ3n) is 3.15. The second kappa shape index (κ2) is 5.67. The molecule has 1 aromatic rings. The van der Waals surface area contributed by atoms with E-state index in [2.05, 4.69) is 45.1 Å². The SMILES string of the molecule is CCC(C)NC(C#N)c1cccc(C)c1C. The number of nitriles is 1. The molecule has 2 atom stereocenters. The third kappa shape index (κ3) is 2.84. The summed E-state index contributed by atoms with van der Waals surface area (Å²) in [4.78, 5) is 0. The molecule has 0 amide bonds. The summed E-state index contributed by atoms with van der Waals surface area (Å²) in [5.74, 6) is 0. The van der Waals surface area contributed by atoms with E-state index in [1.165, 1.54) is 11.1 Å². The Balaban J connectivity index is 2.96. The predicted octanol–water partition coefficient (Wildman–Crippen LogP) is 3.26. The zero-order valence-electron chi connectivity index (χ0n) is 10.5. The lowest BCUT2D eigenvalue weighted by molar-refractivity contribution is 0.500. The van der Waals surface area contributed by atoms with Crippen molar-refractivity contribution in [3.63, 3.8) is 0 Å². The fourth-order valence-corrected chi connectivity index (χ4v) is 1.69. The molecule has 0 heterocycles. The molecule has 0 fully saturated rings. The zero-order chi connectivity index (χ0) is 12.1. The van der Waals surface area contributed by atoms with Crippen LogP contribution in [-0.2, 0) is 0 Å². The Labute approximate surface area is 98.3 Å². The van der Waals surface area contributed by atoms with Crippen molar-refractivity contribution in [1.29, 1.82) is 5.26 Å². The number of hydrogen-bond donors (Lipinski definition) is 1. The molecular weight excluding hydrogens is 196 g/mol. The molecule has 2 unspecified atom stereocenters. The van der Waals surface area contributed by atoms with Gasteiger partial charge in [-0.1, -0.05) is 25.1 Å². The van der Waals surface area contributed by atoms with Gasteiger partial charge in [-0.3, -0.25) is 5.32 Å². The molecule has 0 bridgehead atoms. The van der Waals surface area contributed by atoms with Crippen LogP contribution >= 0.6 is 0 Å². The maximum Gasteiger partial charge on any atom is 0.121 e. The summed E-state index contributed by atoms with van der Waals surface area (Å²) < 4.78 is 0. The van der Waals surface area contributed by atoms with Crippen molar-refractivity contribution < 1.29 is 0 Å². The number of nitrogens with zero attached hydrogens (tertiary/aromatic N) is 1. The molecule has 0 spiro atoms. The second-order valence-electron chi connectivity index (χ2n) is 4.33. The highest BCUT2D eigenvalue weighted by Gasteiger charge is 2.15. The molecule has 0 aliphatic heterocycles. The highest BCUT2D eigenvalue weighted by molar-refractivity contribution is 5.37. The van der Waals surface area contributed by atoms with Crippen LogP contribution in [0.1, 0.15) is 43.0 Å². The lowest BCUT2D eigenvalue weighted by Crippen LogP contribution is -2.29. The van der Waals surface area contributed by atoms with E-state index in [0.717, 1.165) is 12.0 Å². The van der Waals surface area contributed by atoms with Gasteiger partial charge in [0.15, 0.2) is 0 Å². The van der Waals surface area contributed by atoms with E-state index in [1.54, 1.807) is 0 Å². The van der Waals surface area contributed by atoms with Gasteiger partial charge in [0, 0.05) is 6.04 Å². The quantitative estimate of drug-likeness (QED) is 0.838. The Bertz CT molecular complexity index is 390. The van der Waals surface area contributed by atoms with Crippen LogP contribution in [0.3, 0.4) is 0 Å². The molecular formula is C14H20N2. The average Bonchev–Trinajstić information content (AvgIpc) is 2.29. The van der Waals surface area contributed by atoms with E-state index in [0.29, 0.717) is 6.04 Å². The molecule has 1 aromatic carbocycles. The summed E-state index contributed by atoms with van der Waals surface area (Å²) in [7, 11) is 0. The van der Waals surface area contributed by atoms with E-state index >= 15 is 0 Å². The second-order valence-corrected chi connectivity index (χ2v) is 4.33. The largest absolute Gasteiger partial charge is 0.296 e. The average molecular weight is 216 g/mol. The van der Waals surface area contributed by atoms with Crippen molar-refractivity contribution in [2.45, 2.75) is 46.2 Å². The third-order valence-corrected chi connectivity index (χ3v) is 3.15. The standard InChI is InChI=1S/C14H20N2/c1-5-11(3)16-14(9-15)13-8-6-7-10(2)12(13)4/h6-8,11,14,16H,5H2,1-4H3. The van der Waals surface area contributed by atoms with E-state index in [1.807, 2.05) is 12.1 Å². The Kier molecular flexibility index (Phi) is 4.52. The lowest BCUT2D eigenvalue weighted by Gasteiger charge is -2.19. The molecule has 0 radical (unpaired) electrons. The van der Waals surface area contributed by atoms with E-state index in [9.17, 15) is 5.26 Å². The predicted molar refractivity (Wildman–Crippen MR) is 67.2 cm³/mol. The first-order chi connectivity index (χ1) is 7.60. The molecule has 16 heavy (non-hydrogen) atoms. The highest BCUT2D eigenvalue weighted by Crippen LogP contribution is 2.20. The maximum atomic E-state index is 9.23. The molecule has 86 valence electrons. The Morgan fingerprint density at radius 3 is 2.62 bits per heavy atom. The first-order valence-electron chi connectivity index (χ1n) is 5.82. The summed E-state index contributed by atoms with van der Waals surface area (Å²) in [5.41, 5.74) is 3.55. The van der Waals surface area contributed by atoms with Crippen LogP contribution in [0.5, 0.6) is 0 Å². The maximum absolute atomic E-state index is 9.23. The number of hydrogen-bond acceptors (Lipinski definition) is 2. The molecule has 1 rings (SSSR count). The summed E-state index contributed by atoms with van der Waals surface area (Å²) >= 11 is 0. The van der Waals surface area contributed by atoms with E-state index in [4.69, 9.17) is 0 Å². The smallest absolute Gasteiger partial charge is 0.121 e. The topological polar surface area (TPSA) is 35.8 Å². The van der Waals surface area contributed by atoms with Crippen LogP contribution in [0.25, 0.3) is 0 Å². The molecule has 0 saturated carbocycles. The first kappa shape index (κ1) is 12.7. The minimum atomic E-state index is -0.199. The van der Waals surface area contributed by atoms with Crippen LogP contribution in [-0.4, -0.2) is 6.04 Å². The van der Waals surface area contributed by atoms with Gasteiger partial charge in [0.2, 0.25) is 0 Å². The summed E-state index contributed by atoms with van der Waals surface area (Å²) in [6, 6.07) is 8.63. The number of rotatable bonds is 4. The number of nitrogens with one attached hydrogen (secondary N) is 1.